The summed E-state index contributed by atoms with van der Waals surface area (Å²) in [6.45, 7) is 2.35. The molecule has 1 fully saturated rings. The van der Waals surface area contributed by atoms with Crippen LogP contribution in [0.4, 0.5) is 4.79 Å². The number of nitrogens with zero attached hydrogens (tertiary/aromatic N) is 1. The fraction of sp³-hybridized carbons (Fsp3) is 0.158. The molecule has 2 aromatic rings. The van der Waals surface area contributed by atoms with Gasteiger partial charge in [0.15, 0.2) is 0 Å². The Morgan fingerprint density at radius 3 is 2.59 bits per heavy atom. The second kappa shape index (κ2) is 8.50. The number of halogens is 2. The molecule has 0 atom stereocenters. The van der Waals surface area contributed by atoms with Crippen LogP contribution in [-0.2, 0) is 4.79 Å². The number of phenolic OH excluding ortho intramolecular Hbond substituents is 1. The van der Waals surface area contributed by atoms with Gasteiger partial charge in [-0.2, -0.15) is 0 Å². The molecule has 1 aliphatic heterocycles. The van der Waals surface area contributed by atoms with Crippen molar-refractivity contribution in [3.63, 3.8) is 0 Å². The van der Waals surface area contributed by atoms with E-state index in [4.69, 9.17) is 4.74 Å². The van der Waals surface area contributed by atoms with Gasteiger partial charge in [0, 0.05) is 10.0 Å². The summed E-state index contributed by atoms with van der Waals surface area (Å²) in [5.41, 5.74) is 1.57. The number of imide groups is 1. The Morgan fingerprint density at radius 2 is 1.89 bits per heavy atom. The molecule has 0 spiro atoms. The highest BCUT2D eigenvalue weighted by atomic mass is 79.9. The molecule has 0 saturated carbocycles. The average Bonchev–Trinajstić information content (AvgIpc) is 2.88. The number of hydrogen-bond donors (Lipinski definition) is 1. The van der Waals surface area contributed by atoms with Crippen molar-refractivity contribution in [3.05, 3.63) is 61.4 Å². The van der Waals surface area contributed by atoms with Crippen LogP contribution in [0.25, 0.3) is 6.08 Å². The Labute approximate surface area is 177 Å². The van der Waals surface area contributed by atoms with Crippen LogP contribution in [0.2, 0.25) is 0 Å². The summed E-state index contributed by atoms with van der Waals surface area (Å²) < 4.78 is 6.83. The van der Waals surface area contributed by atoms with Crippen LogP contribution in [0.5, 0.6) is 11.5 Å². The number of aryl methyl sites for hydroxylation is 1. The fourth-order valence-electron chi connectivity index (χ4n) is 2.42. The minimum atomic E-state index is -0.395. The number of phenols is 1. The summed E-state index contributed by atoms with van der Waals surface area (Å²) in [5.74, 6) is 0.299. The Hall–Kier alpha value is -1.77. The first kappa shape index (κ1) is 20.0. The van der Waals surface area contributed by atoms with Gasteiger partial charge in [0.2, 0.25) is 0 Å². The standard InChI is InChI=1S/C19H15Br2NO4S/c1-11-2-4-14(5-3-11)26-7-6-22-18(24)16(27-19(22)25)9-12-8-13(20)10-15(21)17(12)23/h2-5,8-10,23H,6-7H2,1H3/b16-9-. The lowest BCUT2D eigenvalue weighted by Crippen LogP contribution is -2.32. The molecule has 0 bridgehead atoms. The first-order chi connectivity index (χ1) is 12.8. The molecule has 1 saturated heterocycles. The van der Waals surface area contributed by atoms with Gasteiger partial charge in [-0.15, -0.1) is 0 Å². The smallest absolute Gasteiger partial charge is 0.293 e. The summed E-state index contributed by atoms with van der Waals surface area (Å²) in [6, 6.07) is 10.9. The van der Waals surface area contributed by atoms with Crippen molar-refractivity contribution in [2.24, 2.45) is 0 Å². The van der Waals surface area contributed by atoms with Crippen LogP contribution in [0.3, 0.4) is 0 Å². The lowest BCUT2D eigenvalue weighted by molar-refractivity contribution is -0.123. The zero-order chi connectivity index (χ0) is 19.6. The second-order valence-corrected chi connectivity index (χ2v) is 8.58. The number of thioether (sulfide) groups is 1. The van der Waals surface area contributed by atoms with Gasteiger partial charge in [-0.05, 0) is 65.0 Å². The maximum absolute atomic E-state index is 12.5. The highest BCUT2D eigenvalue weighted by Crippen LogP contribution is 2.37. The SMILES string of the molecule is Cc1ccc(OCCN2C(=O)S/C(=C\c3cc(Br)cc(Br)c3O)C2=O)cc1. The normalized spacial score (nSPS) is 15.7. The van der Waals surface area contributed by atoms with E-state index < -0.39 is 5.91 Å². The molecule has 0 radical (unpaired) electrons. The molecule has 2 amide bonds. The van der Waals surface area contributed by atoms with E-state index in [1.807, 2.05) is 31.2 Å². The predicted octanol–water partition coefficient (Wildman–Crippen LogP) is 5.34. The Kier molecular flexibility index (Phi) is 6.29. The first-order valence-electron chi connectivity index (χ1n) is 7.98. The maximum Gasteiger partial charge on any atom is 0.293 e. The first-order valence-corrected chi connectivity index (χ1v) is 10.4. The summed E-state index contributed by atoms with van der Waals surface area (Å²) >= 11 is 7.44. The van der Waals surface area contributed by atoms with E-state index in [1.54, 1.807) is 12.1 Å². The van der Waals surface area contributed by atoms with Crippen LogP contribution in [-0.4, -0.2) is 34.3 Å². The molecular weight excluding hydrogens is 498 g/mol. The lowest BCUT2D eigenvalue weighted by atomic mass is 10.2. The number of carbonyl (C=O) groups excluding carboxylic acids is 2. The minimum Gasteiger partial charge on any atom is -0.506 e. The fourth-order valence-corrected chi connectivity index (χ4v) is 4.53. The van der Waals surface area contributed by atoms with Gasteiger partial charge in [0.05, 0.1) is 15.9 Å². The van der Waals surface area contributed by atoms with Crippen molar-refractivity contribution in [1.29, 1.82) is 0 Å². The van der Waals surface area contributed by atoms with E-state index in [-0.39, 0.29) is 29.0 Å². The third-order valence-corrected chi connectivity index (χ3v) is 5.79. The topological polar surface area (TPSA) is 66.8 Å². The molecule has 2 aromatic carbocycles. The number of hydrogen-bond acceptors (Lipinski definition) is 5. The van der Waals surface area contributed by atoms with Crippen molar-refractivity contribution in [2.45, 2.75) is 6.92 Å². The monoisotopic (exact) mass is 511 g/mol. The van der Waals surface area contributed by atoms with E-state index in [0.29, 0.717) is 15.8 Å². The Morgan fingerprint density at radius 1 is 1.19 bits per heavy atom. The molecule has 1 aliphatic rings. The van der Waals surface area contributed by atoms with E-state index in [1.165, 1.54) is 6.08 Å². The van der Waals surface area contributed by atoms with Gasteiger partial charge in [0.1, 0.15) is 18.1 Å². The molecule has 5 nitrogen and oxygen atoms in total. The summed E-state index contributed by atoms with van der Waals surface area (Å²) in [7, 11) is 0. The Balaban J connectivity index is 1.69. The van der Waals surface area contributed by atoms with Gasteiger partial charge in [-0.3, -0.25) is 14.5 Å². The van der Waals surface area contributed by atoms with Crippen LogP contribution >= 0.6 is 43.6 Å². The van der Waals surface area contributed by atoms with Crippen LogP contribution < -0.4 is 4.74 Å². The summed E-state index contributed by atoms with van der Waals surface area (Å²) in [5, 5.41) is 9.78. The zero-order valence-corrected chi connectivity index (χ0v) is 18.2. The van der Waals surface area contributed by atoms with Crippen molar-refractivity contribution in [3.8, 4) is 11.5 Å². The van der Waals surface area contributed by atoms with Gasteiger partial charge < -0.3 is 9.84 Å². The minimum absolute atomic E-state index is 0.00713. The molecule has 1 heterocycles. The molecule has 3 rings (SSSR count). The van der Waals surface area contributed by atoms with Crippen molar-refractivity contribution >= 4 is 60.8 Å². The number of aromatic hydroxyl groups is 1. The van der Waals surface area contributed by atoms with Crippen molar-refractivity contribution in [1.82, 2.24) is 4.90 Å². The van der Waals surface area contributed by atoms with Gasteiger partial charge >= 0.3 is 0 Å². The van der Waals surface area contributed by atoms with E-state index >= 15 is 0 Å². The molecule has 0 aromatic heterocycles. The summed E-state index contributed by atoms with van der Waals surface area (Å²) in [6.07, 6.45) is 1.51. The third kappa shape index (κ3) is 4.75. The Bertz CT molecular complexity index is 928. The molecule has 0 aliphatic carbocycles. The van der Waals surface area contributed by atoms with Crippen molar-refractivity contribution < 1.29 is 19.4 Å². The number of amides is 2. The maximum atomic E-state index is 12.5. The number of benzene rings is 2. The predicted molar refractivity (Wildman–Crippen MR) is 113 cm³/mol. The second-order valence-electron chi connectivity index (χ2n) is 5.82. The molecule has 1 N–H and O–H groups in total. The largest absolute Gasteiger partial charge is 0.506 e. The van der Waals surface area contributed by atoms with Crippen LogP contribution in [0, 0.1) is 6.92 Å². The van der Waals surface area contributed by atoms with Crippen molar-refractivity contribution in [2.75, 3.05) is 13.2 Å². The molecule has 27 heavy (non-hydrogen) atoms. The zero-order valence-electron chi connectivity index (χ0n) is 14.2. The highest BCUT2D eigenvalue weighted by Gasteiger charge is 2.35. The van der Waals surface area contributed by atoms with Gasteiger partial charge in [-0.25, -0.2) is 0 Å². The summed E-state index contributed by atoms with van der Waals surface area (Å²) in [4.78, 5) is 26.1. The highest BCUT2D eigenvalue weighted by molar-refractivity contribution is 9.11. The number of carbonyl (C=O) groups is 2. The van der Waals surface area contributed by atoms with Gasteiger partial charge in [-0.1, -0.05) is 33.6 Å². The average molecular weight is 513 g/mol. The van der Waals surface area contributed by atoms with E-state index in [2.05, 4.69) is 31.9 Å². The lowest BCUT2D eigenvalue weighted by Gasteiger charge is -2.13. The van der Waals surface area contributed by atoms with E-state index in [0.717, 1.165) is 26.7 Å². The number of ether oxygens (including phenoxy) is 1. The molecule has 0 unspecified atom stereocenters. The number of rotatable bonds is 5. The molecular formula is C19H15Br2NO4S. The third-order valence-electron chi connectivity index (χ3n) is 3.82. The molecule has 8 heteroatoms. The van der Waals surface area contributed by atoms with Gasteiger partial charge in [0.25, 0.3) is 11.1 Å². The molecule has 140 valence electrons. The quantitative estimate of drug-likeness (QED) is 0.547. The van der Waals surface area contributed by atoms with E-state index in [9.17, 15) is 14.7 Å². The van der Waals surface area contributed by atoms with Crippen LogP contribution in [0.1, 0.15) is 11.1 Å². The van der Waals surface area contributed by atoms with Crippen LogP contribution in [0.15, 0.2) is 50.2 Å².